The molecule has 0 saturated carbocycles. The first-order chi connectivity index (χ1) is 24.8. The Bertz CT molecular complexity index is 937. The van der Waals surface area contributed by atoms with E-state index in [1.807, 2.05) is 0 Å². The first-order valence-corrected chi connectivity index (χ1v) is 16.4. The van der Waals surface area contributed by atoms with E-state index in [1.165, 1.54) is 0 Å². The van der Waals surface area contributed by atoms with Crippen LogP contribution in [0, 0.1) is 23.7 Å². The molecule has 0 aromatic heterocycles. The first-order valence-electron chi connectivity index (χ1n) is 16.4. The second kappa shape index (κ2) is 46.2. The second-order valence-corrected chi connectivity index (χ2v) is 12.3. The molecule has 0 radical (unpaired) electrons. The van der Waals surface area contributed by atoms with Crippen LogP contribution >= 0.6 is 0 Å². The third-order valence-corrected chi connectivity index (χ3v) is 4.20. The molecule has 0 aliphatic rings. The van der Waals surface area contributed by atoms with Crippen LogP contribution in [0.15, 0.2) is 0 Å². The summed E-state index contributed by atoms with van der Waals surface area (Å²) in [6.45, 7) is 22.1. The number of aliphatic hydroxyl groups excluding tert-OH is 4. The molecule has 0 bridgehead atoms. The minimum absolute atomic E-state index is 0. The van der Waals surface area contributed by atoms with Crippen molar-refractivity contribution in [2.45, 2.75) is 135 Å². The van der Waals surface area contributed by atoms with Gasteiger partial charge in [0.15, 0.2) is 0 Å². The van der Waals surface area contributed by atoms with Gasteiger partial charge in [-0.25, -0.2) is 0 Å². The van der Waals surface area contributed by atoms with Gasteiger partial charge in [-0.15, -0.1) is 0 Å². The van der Waals surface area contributed by atoms with Crippen LogP contribution in [0.2, 0.25) is 0 Å². The number of aliphatic hydroxyl groups is 4. The summed E-state index contributed by atoms with van der Waals surface area (Å²) >= 11 is 0. The van der Waals surface area contributed by atoms with Crippen molar-refractivity contribution in [1.29, 1.82) is 0 Å². The number of rotatable bonds is 12. The normalized spacial score (nSPS) is 9.03. The summed E-state index contributed by atoms with van der Waals surface area (Å²) in [6, 6.07) is 0. The van der Waals surface area contributed by atoms with Gasteiger partial charge in [0.1, 0.15) is 69.9 Å². The van der Waals surface area contributed by atoms with Gasteiger partial charge in [-0.2, -0.15) is 0 Å². The summed E-state index contributed by atoms with van der Waals surface area (Å²) in [5.41, 5.74) is 0. The van der Waals surface area contributed by atoms with Gasteiger partial charge in [-0.3, -0.25) is 38.4 Å². The summed E-state index contributed by atoms with van der Waals surface area (Å²) in [6.07, 6.45) is -0.667. The van der Waals surface area contributed by atoms with Crippen molar-refractivity contribution in [2.75, 3.05) is 0 Å². The Balaban J connectivity index is -0.0000000583. The Morgan fingerprint density at radius 1 is 0.276 bits per heavy atom. The molecule has 0 aliphatic carbocycles. The van der Waals surface area contributed by atoms with E-state index >= 15 is 0 Å². The number of hydrogen-bond donors (Lipinski definition) is 4. The summed E-state index contributed by atoms with van der Waals surface area (Å²) in [5.74, 6) is -18.3. The molecular weight excluding hydrogens is 848 g/mol. The maximum atomic E-state index is 10.4. The smallest absolute Gasteiger partial charge is 0.549 e. The maximum Gasteiger partial charge on any atom is 2.00 e. The van der Waals surface area contributed by atoms with Crippen molar-refractivity contribution in [3.8, 4) is 0 Å². The number of aliphatic carboxylic acids is 4. The molecule has 0 unspecified atom stereocenters. The monoisotopic (exact) mass is 908 g/mol. The van der Waals surface area contributed by atoms with Crippen molar-refractivity contribution >= 4 is 70.1 Å². The quantitative estimate of drug-likeness (QED) is 0.106. The van der Waals surface area contributed by atoms with Crippen LogP contribution < -0.4 is 20.4 Å². The summed E-state index contributed by atoms with van der Waals surface area (Å²) < 4.78 is 0. The number of carboxylic acids is 4. The van der Waals surface area contributed by atoms with Crippen LogP contribution in [-0.2, 0) is 101 Å². The molecule has 0 aromatic rings. The van der Waals surface area contributed by atoms with E-state index in [1.54, 1.807) is 55.4 Å². The van der Waals surface area contributed by atoms with E-state index in [0.29, 0.717) is 0 Å². The average Bonchev–Trinajstić information content (AvgIpc) is 2.85. The summed E-state index contributed by atoms with van der Waals surface area (Å²) in [7, 11) is 0. The second-order valence-electron chi connectivity index (χ2n) is 12.3. The fourth-order valence-corrected chi connectivity index (χ4v) is 2.47. The predicted molar refractivity (Wildman–Crippen MR) is 189 cm³/mol. The summed E-state index contributed by atoms with van der Waals surface area (Å²) in [5, 5.41) is 72.3. The molecule has 4 N–H and O–H groups in total. The number of carbonyl (C=O) groups excluding carboxylic acids is 12. The number of ketones is 8. The third-order valence-electron chi connectivity index (χ3n) is 4.20. The largest absolute Gasteiger partial charge is 2.00 e. The van der Waals surface area contributed by atoms with Crippen molar-refractivity contribution in [1.82, 2.24) is 0 Å². The first kappa shape index (κ1) is 78.8. The minimum atomic E-state index is -1.62. The zero-order chi connectivity index (χ0) is 47.5. The molecule has 0 aromatic carbocycles. The number of carboxylic acid groups (broad SMARTS) is 4. The van der Waals surface area contributed by atoms with Crippen LogP contribution in [0.3, 0.4) is 0 Å². The van der Waals surface area contributed by atoms with Gasteiger partial charge in [0, 0.05) is 24.4 Å². The molecule has 332 valence electrons. The maximum absolute atomic E-state index is 10.4. The van der Waals surface area contributed by atoms with Gasteiger partial charge in [0.25, 0.3) is 0 Å². The summed E-state index contributed by atoms with van der Waals surface area (Å²) in [4.78, 5) is 123. The van der Waals surface area contributed by atoms with Gasteiger partial charge in [-0.05, 0) is 111 Å². The van der Waals surface area contributed by atoms with Crippen molar-refractivity contribution in [3.63, 3.8) is 0 Å². The van der Waals surface area contributed by atoms with Crippen LogP contribution in [0.4, 0.5) is 0 Å². The number of Topliss-reactive ketones (excluding diaryl/α,β-unsaturated/α-hetero) is 8. The zero-order valence-corrected chi connectivity index (χ0v) is 39.1. The van der Waals surface area contributed by atoms with Gasteiger partial charge in [-0.1, -0.05) is 0 Å². The fourth-order valence-electron chi connectivity index (χ4n) is 2.47. The number of hydrogen-bond acceptors (Lipinski definition) is 20. The SMILES string of the molecule is CC(=O)C(C(C)=O)C(=O)[O-].CC(=O)C(C(C)=O)C(=O)[O-].CC(=O)C(C(C)=O)C(=O)[O-].CC(=O)C(C(C)=O)C(=O)[O-].CC(C)O.CC(C)O.CC(C)O.CC(C)O.[Ti+2].[Ti+2]. The molecule has 0 saturated heterocycles. The molecule has 0 rings (SSSR count). The van der Waals surface area contributed by atoms with E-state index in [2.05, 4.69) is 0 Å². The Morgan fingerprint density at radius 2 is 0.328 bits per heavy atom. The molecular formula is C36H60O20Ti2. The standard InChI is InChI=1S/4C6H8O4.4C3H8O.2Ti/c4*1-3(7)5(4(2)8)6(9)10;4*1-3(2)4;;/h4*5H,1-2H3,(H,9,10);4*3-4H,1-2H3;;/q;;;;;;;;2*+2/p-4. The Labute approximate surface area is 369 Å². The molecule has 0 spiro atoms. The molecule has 0 fully saturated rings. The van der Waals surface area contributed by atoms with Crippen molar-refractivity contribution in [2.24, 2.45) is 23.7 Å². The third kappa shape index (κ3) is 70.3. The van der Waals surface area contributed by atoms with Gasteiger partial charge >= 0.3 is 43.4 Å². The van der Waals surface area contributed by atoms with Crippen LogP contribution in [-0.4, -0.2) is 115 Å². The minimum Gasteiger partial charge on any atom is -0.549 e. The molecule has 22 heteroatoms. The topological polar surface area (TPSA) is 378 Å². The molecule has 0 amide bonds. The van der Waals surface area contributed by atoms with E-state index < -0.39 is 93.8 Å². The van der Waals surface area contributed by atoms with E-state index in [-0.39, 0.29) is 67.9 Å². The Morgan fingerprint density at radius 3 is 0.328 bits per heavy atom. The molecule has 0 atom stereocenters. The van der Waals surface area contributed by atoms with Gasteiger partial charge in [0.2, 0.25) is 0 Å². The molecule has 0 aliphatic heterocycles. The van der Waals surface area contributed by atoms with Crippen molar-refractivity contribution in [3.05, 3.63) is 0 Å². The fraction of sp³-hybridized carbons (Fsp3) is 0.667. The molecule has 0 heterocycles. The van der Waals surface area contributed by atoms with E-state index in [0.717, 1.165) is 55.4 Å². The van der Waals surface area contributed by atoms with E-state index in [4.69, 9.17) is 20.4 Å². The molecule has 20 nitrogen and oxygen atoms in total. The predicted octanol–water partition coefficient (Wildman–Crippen LogP) is -4.33. The van der Waals surface area contributed by atoms with Crippen LogP contribution in [0.1, 0.15) is 111 Å². The zero-order valence-electron chi connectivity index (χ0n) is 35.9. The Kier molecular flexibility index (Phi) is 62.8. The average molecular weight is 909 g/mol. The molecule has 58 heavy (non-hydrogen) atoms. The van der Waals surface area contributed by atoms with Crippen LogP contribution in [0.5, 0.6) is 0 Å². The van der Waals surface area contributed by atoms with Crippen molar-refractivity contribution < 1.29 is 142 Å². The van der Waals surface area contributed by atoms with Gasteiger partial charge < -0.3 is 60.0 Å². The number of carbonyl (C=O) groups is 12. The van der Waals surface area contributed by atoms with Gasteiger partial charge in [0.05, 0.1) is 23.9 Å². The Hall–Kier alpha value is -3.49. The van der Waals surface area contributed by atoms with Crippen LogP contribution in [0.25, 0.3) is 0 Å². The van der Waals surface area contributed by atoms with E-state index in [9.17, 15) is 78.0 Å².